The van der Waals surface area contributed by atoms with E-state index in [4.69, 9.17) is 9.47 Å². The van der Waals surface area contributed by atoms with Crippen LogP contribution in [0.4, 0.5) is 5.95 Å². The molecule has 1 saturated heterocycles. The highest BCUT2D eigenvalue weighted by atomic mass is 35.5. The first kappa shape index (κ1) is 21.4. The summed E-state index contributed by atoms with van der Waals surface area (Å²) < 4.78 is 12.8. The largest absolute Gasteiger partial charge is 0.497 e. The van der Waals surface area contributed by atoms with Crippen molar-refractivity contribution in [2.24, 2.45) is 7.05 Å². The molecule has 2 heterocycles. The van der Waals surface area contributed by atoms with Crippen molar-refractivity contribution in [1.82, 2.24) is 14.5 Å². The quantitative estimate of drug-likeness (QED) is 0.787. The summed E-state index contributed by atoms with van der Waals surface area (Å²) in [6.07, 6.45) is 3.84. The summed E-state index contributed by atoms with van der Waals surface area (Å²) in [6, 6.07) is 6.06. The monoisotopic (exact) mass is 388 g/mol. The van der Waals surface area contributed by atoms with Crippen LogP contribution in [0, 0.1) is 0 Å². The van der Waals surface area contributed by atoms with Crippen molar-refractivity contribution >= 4 is 30.8 Å². The zero-order chi connectivity index (χ0) is 16.2. The highest BCUT2D eigenvalue weighted by Crippen LogP contribution is 2.24. The molecule has 8 heteroatoms. The van der Waals surface area contributed by atoms with Crippen LogP contribution in [0.2, 0.25) is 0 Å². The van der Waals surface area contributed by atoms with Crippen molar-refractivity contribution in [2.75, 3.05) is 45.3 Å². The Morgan fingerprint density at radius 2 is 1.56 bits per heavy atom. The topological polar surface area (TPSA) is 42.8 Å². The van der Waals surface area contributed by atoms with Crippen molar-refractivity contribution in [3.63, 3.8) is 0 Å². The lowest BCUT2D eigenvalue weighted by Crippen LogP contribution is -2.46. The standard InChI is InChI=1S/C17H24N4O2.2ClH/c1-19-5-4-18-17(19)21-8-6-20(7-9-21)13-14-10-15(22-2)12-16(11-14)23-3;;/h4-5,10-12H,6-9,13H2,1-3H3;2*1H. The smallest absolute Gasteiger partial charge is 0.205 e. The number of anilines is 1. The van der Waals surface area contributed by atoms with Crippen LogP contribution in [-0.4, -0.2) is 54.8 Å². The van der Waals surface area contributed by atoms with Crippen LogP contribution in [0.3, 0.4) is 0 Å². The van der Waals surface area contributed by atoms with Crippen LogP contribution in [0.5, 0.6) is 11.5 Å². The van der Waals surface area contributed by atoms with Crippen LogP contribution in [0.1, 0.15) is 5.56 Å². The number of methoxy groups -OCH3 is 2. The zero-order valence-corrected chi connectivity index (χ0v) is 16.5. The molecule has 6 nitrogen and oxygen atoms in total. The summed E-state index contributed by atoms with van der Waals surface area (Å²) in [5.41, 5.74) is 1.21. The van der Waals surface area contributed by atoms with Gasteiger partial charge >= 0.3 is 0 Å². The summed E-state index contributed by atoms with van der Waals surface area (Å²) in [5.74, 6) is 2.73. The average Bonchev–Trinajstić information content (AvgIpc) is 3.01. The lowest BCUT2D eigenvalue weighted by Gasteiger charge is -2.35. The van der Waals surface area contributed by atoms with Crippen molar-refractivity contribution in [1.29, 1.82) is 0 Å². The fraction of sp³-hybridized carbons (Fsp3) is 0.471. The minimum atomic E-state index is 0. The van der Waals surface area contributed by atoms with Gasteiger partial charge in [0.05, 0.1) is 14.2 Å². The summed E-state index contributed by atoms with van der Waals surface area (Å²) in [5, 5.41) is 0. The second-order valence-electron chi connectivity index (χ2n) is 5.82. The number of benzene rings is 1. The van der Waals surface area contributed by atoms with Gasteiger partial charge in [0.15, 0.2) is 0 Å². The predicted octanol–water partition coefficient (Wildman–Crippen LogP) is 2.60. The van der Waals surface area contributed by atoms with Gasteiger partial charge in [0.1, 0.15) is 11.5 Å². The SMILES string of the molecule is COc1cc(CN2CCN(c3nccn3C)CC2)cc(OC)c1.Cl.Cl. The van der Waals surface area contributed by atoms with Gasteiger partial charge in [-0.15, -0.1) is 24.8 Å². The highest BCUT2D eigenvalue weighted by molar-refractivity contribution is 5.85. The van der Waals surface area contributed by atoms with Crippen LogP contribution in [0.25, 0.3) is 0 Å². The molecule has 0 N–H and O–H groups in total. The fourth-order valence-electron chi connectivity index (χ4n) is 2.98. The van der Waals surface area contributed by atoms with Crippen LogP contribution < -0.4 is 14.4 Å². The summed E-state index contributed by atoms with van der Waals surface area (Å²) in [4.78, 5) is 9.22. The van der Waals surface area contributed by atoms with Gasteiger partial charge in [0.25, 0.3) is 0 Å². The second-order valence-corrected chi connectivity index (χ2v) is 5.82. The second kappa shape index (κ2) is 9.75. The third-order valence-corrected chi connectivity index (χ3v) is 4.27. The van der Waals surface area contributed by atoms with Crippen LogP contribution >= 0.6 is 24.8 Å². The molecule has 0 spiro atoms. The highest BCUT2D eigenvalue weighted by Gasteiger charge is 2.20. The van der Waals surface area contributed by atoms with E-state index in [1.165, 1.54) is 5.56 Å². The number of aromatic nitrogens is 2. The van der Waals surface area contributed by atoms with E-state index in [1.54, 1.807) is 14.2 Å². The molecule has 1 fully saturated rings. The first-order chi connectivity index (χ1) is 11.2. The molecule has 2 aromatic rings. The molecular formula is C17H26Cl2N4O2. The van der Waals surface area contributed by atoms with E-state index >= 15 is 0 Å². The number of aryl methyl sites for hydroxylation is 1. The number of hydrogen-bond acceptors (Lipinski definition) is 5. The number of piperazine rings is 1. The summed E-state index contributed by atoms with van der Waals surface area (Å²) >= 11 is 0. The third-order valence-electron chi connectivity index (χ3n) is 4.27. The van der Waals surface area contributed by atoms with Crippen LogP contribution in [-0.2, 0) is 13.6 Å². The zero-order valence-electron chi connectivity index (χ0n) is 14.8. The van der Waals surface area contributed by atoms with Crippen molar-refractivity contribution in [2.45, 2.75) is 6.54 Å². The molecule has 1 aliphatic rings. The molecule has 3 rings (SSSR count). The van der Waals surface area contributed by atoms with Crippen molar-refractivity contribution < 1.29 is 9.47 Å². The normalized spacial score (nSPS) is 14.4. The van der Waals surface area contributed by atoms with E-state index in [-0.39, 0.29) is 24.8 Å². The first-order valence-corrected chi connectivity index (χ1v) is 7.86. The lowest BCUT2D eigenvalue weighted by molar-refractivity contribution is 0.247. The summed E-state index contributed by atoms with van der Waals surface area (Å²) in [6.45, 7) is 4.93. The van der Waals surface area contributed by atoms with Gasteiger partial charge < -0.3 is 18.9 Å². The van der Waals surface area contributed by atoms with Gasteiger partial charge in [0, 0.05) is 58.2 Å². The Morgan fingerprint density at radius 3 is 2.04 bits per heavy atom. The Labute approximate surface area is 161 Å². The molecule has 1 aliphatic heterocycles. The number of ether oxygens (including phenoxy) is 2. The van der Waals surface area contributed by atoms with Gasteiger partial charge in [-0.3, -0.25) is 4.90 Å². The van der Waals surface area contributed by atoms with Crippen LogP contribution in [0.15, 0.2) is 30.6 Å². The Kier molecular flexibility index (Phi) is 8.35. The average molecular weight is 389 g/mol. The Balaban J connectivity index is 0.00000156. The molecular weight excluding hydrogens is 363 g/mol. The van der Waals surface area contributed by atoms with Crippen molar-refractivity contribution in [3.05, 3.63) is 36.2 Å². The van der Waals surface area contributed by atoms with Gasteiger partial charge in [0.2, 0.25) is 5.95 Å². The molecule has 0 aliphatic carbocycles. The number of hydrogen-bond donors (Lipinski definition) is 0. The molecule has 0 amide bonds. The van der Waals surface area contributed by atoms with E-state index in [0.717, 1.165) is 50.2 Å². The third kappa shape index (κ3) is 5.17. The first-order valence-electron chi connectivity index (χ1n) is 7.86. The number of nitrogens with zero attached hydrogens (tertiary/aromatic N) is 4. The maximum Gasteiger partial charge on any atom is 0.205 e. The number of rotatable bonds is 5. The molecule has 0 bridgehead atoms. The van der Waals surface area contributed by atoms with E-state index < -0.39 is 0 Å². The van der Waals surface area contributed by atoms with Gasteiger partial charge in [-0.1, -0.05) is 0 Å². The lowest BCUT2D eigenvalue weighted by atomic mass is 10.1. The van der Waals surface area contributed by atoms with E-state index in [0.29, 0.717) is 0 Å². The molecule has 0 atom stereocenters. The van der Waals surface area contributed by atoms with E-state index in [2.05, 4.69) is 31.5 Å². The minimum Gasteiger partial charge on any atom is -0.497 e. The predicted molar refractivity (Wildman–Crippen MR) is 105 cm³/mol. The molecule has 1 aromatic heterocycles. The summed E-state index contributed by atoms with van der Waals surface area (Å²) in [7, 11) is 5.41. The molecule has 25 heavy (non-hydrogen) atoms. The number of imidazole rings is 1. The molecule has 0 radical (unpaired) electrons. The fourth-order valence-corrected chi connectivity index (χ4v) is 2.98. The molecule has 0 saturated carbocycles. The molecule has 1 aromatic carbocycles. The van der Waals surface area contributed by atoms with Crippen molar-refractivity contribution in [3.8, 4) is 11.5 Å². The Hall–Kier alpha value is -1.63. The maximum atomic E-state index is 5.35. The molecule has 140 valence electrons. The van der Waals surface area contributed by atoms with E-state index in [9.17, 15) is 0 Å². The molecule has 0 unspecified atom stereocenters. The Bertz CT molecular complexity index is 636. The maximum absolute atomic E-state index is 5.35. The van der Waals surface area contributed by atoms with E-state index in [1.807, 2.05) is 25.5 Å². The van der Waals surface area contributed by atoms with Gasteiger partial charge in [-0.25, -0.2) is 4.98 Å². The Morgan fingerprint density at radius 1 is 0.960 bits per heavy atom. The van der Waals surface area contributed by atoms with Gasteiger partial charge in [-0.05, 0) is 17.7 Å². The van der Waals surface area contributed by atoms with Gasteiger partial charge in [-0.2, -0.15) is 0 Å². The minimum absolute atomic E-state index is 0. The number of halogens is 2.